The monoisotopic (exact) mass is 433 g/mol. The molecule has 0 saturated carbocycles. The van der Waals surface area contributed by atoms with Gasteiger partial charge in [0.25, 0.3) is 5.91 Å². The quantitative estimate of drug-likeness (QED) is 0.502. The van der Waals surface area contributed by atoms with Gasteiger partial charge in [0.2, 0.25) is 0 Å². The zero-order valence-electron chi connectivity index (χ0n) is 13.8. The van der Waals surface area contributed by atoms with Crippen LogP contribution >= 0.6 is 30.6 Å². The molecule has 25 heavy (non-hydrogen) atoms. The van der Waals surface area contributed by atoms with Gasteiger partial charge in [-0.3, -0.25) is 9.36 Å². The summed E-state index contributed by atoms with van der Waals surface area (Å²) in [6.45, 7) is 1.65. The van der Waals surface area contributed by atoms with E-state index in [4.69, 9.17) is 27.7 Å². The van der Waals surface area contributed by atoms with E-state index in [-0.39, 0.29) is 4.90 Å². The van der Waals surface area contributed by atoms with Gasteiger partial charge >= 0.3 is 0 Å². The summed E-state index contributed by atoms with van der Waals surface area (Å²) in [6.07, 6.45) is -0.0658. The van der Waals surface area contributed by atoms with Crippen LogP contribution in [-0.2, 0) is 23.7 Å². The Balaban J connectivity index is 3.23. The Morgan fingerprint density at radius 2 is 1.80 bits per heavy atom. The number of benzene rings is 1. The van der Waals surface area contributed by atoms with Gasteiger partial charge in [-0.2, -0.15) is 0 Å². The lowest BCUT2D eigenvalue weighted by Gasteiger charge is -2.28. The highest BCUT2D eigenvalue weighted by atomic mass is 35.5. The normalized spacial score (nSPS) is 15.0. The number of hydrogen-bond acceptors (Lipinski definition) is 5. The van der Waals surface area contributed by atoms with Gasteiger partial charge < -0.3 is 9.84 Å². The van der Waals surface area contributed by atoms with Gasteiger partial charge in [-0.05, 0) is 17.7 Å². The van der Waals surface area contributed by atoms with Crippen molar-refractivity contribution in [3.63, 3.8) is 0 Å². The van der Waals surface area contributed by atoms with Gasteiger partial charge in [-0.15, -0.1) is 0 Å². The van der Waals surface area contributed by atoms with Crippen LogP contribution in [0, 0.1) is 0 Å². The summed E-state index contributed by atoms with van der Waals surface area (Å²) in [5.74, 6) is -0.825. The predicted octanol–water partition coefficient (Wildman–Crippen LogP) is 2.94. The molecule has 142 valence electrons. The molecule has 2 atom stereocenters. The number of nitrogens with one attached hydrogen (secondary N) is 1. The van der Waals surface area contributed by atoms with Crippen molar-refractivity contribution in [2.45, 2.75) is 21.9 Å². The molecule has 1 aromatic carbocycles. The van der Waals surface area contributed by atoms with Gasteiger partial charge in [0.05, 0.1) is 10.9 Å². The molecule has 0 heterocycles. The number of carbonyl (C=O) groups is 1. The van der Waals surface area contributed by atoms with E-state index in [2.05, 4.69) is 5.32 Å². The number of alkyl halides is 3. The maximum atomic E-state index is 13.5. The van der Waals surface area contributed by atoms with E-state index in [1.807, 2.05) is 0 Å². The molecule has 0 saturated heterocycles. The highest BCUT2D eigenvalue weighted by Crippen LogP contribution is 2.44. The number of halogens is 3. The largest absolute Gasteiger partial charge is 0.345 e. The molecule has 0 spiro atoms. The molecule has 1 N–H and O–H groups in total. The summed E-state index contributed by atoms with van der Waals surface area (Å²) in [6, 6.07) is 4.25. The van der Waals surface area contributed by atoms with Crippen LogP contribution in [0.1, 0.15) is 11.7 Å². The summed E-state index contributed by atoms with van der Waals surface area (Å²) < 4.78 is 54.1. The average molecular weight is 434 g/mol. The predicted molar refractivity (Wildman–Crippen MR) is 96.2 cm³/mol. The fourth-order valence-corrected chi connectivity index (χ4v) is 3.56. The molecule has 0 fully saturated rings. The third-order valence-electron chi connectivity index (χ3n) is 3.06. The van der Waals surface area contributed by atoms with Gasteiger partial charge in [-0.25, -0.2) is 12.8 Å². The molecule has 0 aliphatic rings. The first-order chi connectivity index (χ1) is 11.3. The van der Waals surface area contributed by atoms with E-state index in [0.29, 0.717) is 5.56 Å². The Labute approximate surface area is 156 Å². The van der Waals surface area contributed by atoms with Crippen LogP contribution in [0.25, 0.3) is 0 Å². The molecule has 0 aliphatic carbocycles. The maximum Gasteiger partial charge on any atom is 0.253 e. The first-order valence-electron chi connectivity index (χ1n) is 7.03. The zero-order chi connectivity index (χ0) is 19.4. The third kappa shape index (κ3) is 7.23. The Hall–Kier alpha value is -0.660. The number of amides is 1. The zero-order valence-corrected chi connectivity index (χ0v) is 17.0. The van der Waals surface area contributed by atoms with Gasteiger partial charge in [-0.1, -0.05) is 35.3 Å². The van der Waals surface area contributed by atoms with E-state index in [1.165, 1.54) is 37.6 Å². The summed E-state index contributed by atoms with van der Waals surface area (Å²) in [7, 11) is -6.48. The van der Waals surface area contributed by atoms with Crippen LogP contribution in [0.5, 0.6) is 0 Å². The second-order valence-corrected chi connectivity index (χ2v) is 11.5. The van der Waals surface area contributed by atoms with Crippen LogP contribution in [0.4, 0.5) is 4.39 Å². The highest BCUT2D eigenvalue weighted by molar-refractivity contribution is 7.90. The molecule has 0 unspecified atom stereocenters. The molecule has 1 aromatic rings. The van der Waals surface area contributed by atoms with Crippen LogP contribution in [0.2, 0.25) is 0 Å². The molecule has 6 nitrogen and oxygen atoms in total. The number of sulfone groups is 1. The minimum Gasteiger partial charge on any atom is -0.345 e. The fraction of sp³-hybridized carbons (Fsp3) is 0.500. The average Bonchev–Trinajstić information content (AvgIpc) is 2.48. The Bertz CT molecular complexity index is 751. The summed E-state index contributed by atoms with van der Waals surface area (Å²) >= 11 is 10.9. The fourth-order valence-electron chi connectivity index (χ4n) is 1.99. The van der Waals surface area contributed by atoms with Gasteiger partial charge in [0.15, 0.2) is 22.0 Å². The Morgan fingerprint density at radius 1 is 1.28 bits per heavy atom. The van der Waals surface area contributed by atoms with E-state index in [9.17, 15) is 22.2 Å². The van der Waals surface area contributed by atoms with Gasteiger partial charge in [0, 0.05) is 19.6 Å². The molecule has 1 amide bonds. The van der Waals surface area contributed by atoms with Crippen LogP contribution in [0.3, 0.4) is 0 Å². The lowest BCUT2D eigenvalue weighted by molar-refractivity contribution is -0.121. The number of rotatable bonds is 8. The summed E-state index contributed by atoms with van der Waals surface area (Å²) in [5, 5.41) is 2.29. The number of carbonyl (C=O) groups excluding carboxylic acids is 1. The SMILES string of the molecule is CP(C)(=O)O[C@H](c1ccc(S(C)(=O)=O)cc1)[C@@H](CF)NC(=O)C(Cl)Cl. The molecule has 0 bridgehead atoms. The van der Waals surface area contributed by atoms with E-state index < -0.39 is 46.8 Å². The van der Waals surface area contributed by atoms with Crippen molar-refractivity contribution in [1.29, 1.82) is 0 Å². The minimum absolute atomic E-state index is 0.0635. The third-order valence-corrected chi connectivity index (χ3v) is 5.32. The van der Waals surface area contributed by atoms with Crippen molar-refractivity contribution in [2.75, 3.05) is 26.3 Å². The summed E-state index contributed by atoms with van der Waals surface area (Å²) in [5.41, 5.74) is 0.347. The van der Waals surface area contributed by atoms with Crippen molar-refractivity contribution in [1.82, 2.24) is 5.32 Å². The van der Waals surface area contributed by atoms with E-state index in [0.717, 1.165) is 6.26 Å². The van der Waals surface area contributed by atoms with Crippen LogP contribution in [0.15, 0.2) is 29.2 Å². The first kappa shape index (κ1) is 22.4. The van der Waals surface area contributed by atoms with Crippen molar-refractivity contribution in [3.05, 3.63) is 29.8 Å². The molecule has 1 rings (SSSR count). The highest BCUT2D eigenvalue weighted by Gasteiger charge is 2.31. The lowest BCUT2D eigenvalue weighted by Crippen LogP contribution is -2.43. The first-order valence-corrected chi connectivity index (χ1v) is 12.3. The molecular weight excluding hydrogens is 415 g/mol. The van der Waals surface area contributed by atoms with Crippen LogP contribution in [-0.4, -0.2) is 51.5 Å². The lowest BCUT2D eigenvalue weighted by atomic mass is 10.0. The molecule has 0 aromatic heterocycles. The van der Waals surface area contributed by atoms with Gasteiger partial charge in [0.1, 0.15) is 12.8 Å². The molecular formula is C14H19Cl2FNO5PS. The van der Waals surface area contributed by atoms with E-state index in [1.54, 1.807) is 0 Å². The molecule has 0 aliphatic heterocycles. The Morgan fingerprint density at radius 3 is 2.16 bits per heavy atom. The second kappa shape index (κ2) is 8.82. The maximum absolute atomic E-state index is 13.5. The smallest absolute Gasteiger partial charge is 0.253 e. The minimum atomic E-state index is -3.41. The summed E-state index contributed by atoms with van der Waals surface area (Å²) in [4.78, 5) is 10.3. The number of hydrogen-bond donors (Lipinski definition) is 1. The molecule has 0 radical (unpaired) electrons. The van der Waals surface area contributed by atoms with Crippen molar-refractivity contribution in [3.8, 4) is 0 Å². The van der Waals surface area contributed by atoms with Crippen LogP contribution < -0.4 is 5.32 Å². The van der Waals surface area contributed by atoms with Crippen molar-refractivity contribution < 1.29 is 26.7 Å². The Kier molecular flexibility index (Phi) is 7.90. The van der Waals surface area contributed by atoms with Crippen molar-refractivity contribution >= 4 is 46.3 Å². The topological polar surface area (TPSA) is 89.5 Å². The van der Waals surface area contributed by atoms with Crippen molar-refractivity contribution in [2.24, 2.45) is 0 Å². The second-order valence-electron chi connectivity index (χ2n) is 5.69. The standard InChI is InChI=1S/C14H19Cl2FNO5PS/c1-24(2,20)23-12(11(8-17)18-14(19)13(15)16)9-4-6-10(7-5-9)25(3,21)22/h4-7,11-13H,8H2,1-3H3,(H,18,19)/t11-,12-/m1/s1. The molecule has 11 heteroatoms. The van der Waals surface area contributed by atoms with E-state index >= 15 is 0 Å².